The zero-order valence-electron chi connectivity index (χ0n) is 13.7. The predicted octanol–water partition coefficient (Wildman–Crippen LogP) is 2.94. The molecule has 0 aliphatic rings. The predicted molar refractivity (Wildman–Crippen MR) is 94.8 cm³/mol. The molecule has 2 heterocycles. The van der Waals surface area contributed by atoms with Gasteiger partial charge in [-0.1, -0.05) is 35.5 Å². The fourth-order valence-electron chi connectivity index (χ4n) is 2.34. The summed E-state index contributed by atoms with van der Waals surface area (Å²) in [4.78, 5) is 24.7. The average molecular weight is 338 g/mol. The number of H-pyrrole nitrogens is 1. The number of rotatable bonds is 6. The summed E-state index contributed by atoms with van der Waals surface area (Å²) in [5.74, 6) is 0. The number of amides is 1. The number of oxime groups is 1. The van der Waals surface area contributed by atoms with Crippen LogP contribution in [-0.2, 0) is 4.84 Å². The van der Waals surface area contributed by atoms with E-state index < -0.39 is 6.09 Å². The van der Waals surface area contributed by atoms with E-state index in [4.69, 9.17) is 9.94 Å². The van der Waals surface area contributed by atoms with Crippen molar-refractivity contribution >= 4 is 22.7 Å². The number of nitrogens with zero attached hydrogens (tertiary/aromatic N) is 3. The highest BCUT2D eigenvalue weighted by Gasteiger charge is 2.12. The van der Waals surface area contributed by atoms with Crippen LogP contribution < -0.4 is 0 Å². The van der Waals surface area contributed by atoms with Crippen LogP contribution in [0, 0.1) is 0 Å². The molecule has 0 unspecified atom stereocenters. The van der Waals surface area contributed by atoms with Crippen LogP contribution in [0.4, 0.5) is 4.79 Å². The Hall–Kier alpha value is -3.35. The Kier molecular flexibility index (Phi) is 4.94. The second kappa shape index (κ2) is 7.48. The molecule has 0 saturated heterocycles. The van der Waals surface area contributed by atoms with Gasteiger partial charge in [0.25, 0.3) is 0 Å². The first kappa shape index (κ1) is 16.5. The van der Waals surface area contributed by atoms with E-state index in [0.717, 1.165) is 27.1 Å². The number of carbonyl (C=O) groups is 1. The van der Waals surface area contributed by atoms with E-state index >= 15 is 0 Å². The molecule has 0 fully saturated rings. The van der Waals surface area contributed by atoms with E-state index in [1.807, 2.05) is 42.5 Å². The smallest absolute Gasteiger partial charge is 0.407 e. The summed E-state index contributed by atoms with van der Waals surface area (Å²) in [6, 6.07) is 13.6. The van der Waals surface area contributed by atoms with E-state index in [2.05, 4.69) is 15.1 Å². The van der Waals surface area contributed by atoms with Crippen molar-refractivity contribution in [3.05, 3.63) is 66.1 Å². The minimum Gasteiger partial charge on any atom is -0.465 e. The standard InChI is InChI=1S/C18H18N4O3/c1-22(18(23)24)9-10-25-21-17(13-5-3-2-4-6-13)15-11-14-7-8-19-12-16(14)20-15/h2-8,11-12,20H,9-10H2,1H3,(H,23,24). The normalized spacial score (nSPS) is 11.5. The molecule has 7 nitrogen and oxygen atoms in total. The third kappa shape index (κ3) is 3.95. The van der Waals surface area contributed by atoms with Crippen LogP contribution in [0.2, 0.25) is 0 Å². The van der Waals surface area contributed by atoms with Gasteiger partial charge in [0, 0.05) is 24.2 Å². The zero-order valence-corrected chi connectivity index (χ0v) is 13.7. The first-order chi connectivity index (χ1) is 12.1. The van der Waals surface area contributed by atoms with Crippen LogP contribution in [0.1, 0.15) is 11.3 Å². The quantitative estimate of drug-likeness (QED) is 0.411. The van der Waals surface area contributed by atoms with E-state index in [-0.39, 0.29) is 13.2 Å². The number of hydrogen-bond acceptors (Lipinski definition) is 4. The summed E-state index contributed by atoms with van der Waals surface area (Å²) < 4.78 is 0. The number of benzene rings is 1. The summed E-state index contributed by atoms with van der Waals surface area (Å²) in [5.41, 5.74) is 3.26. The number of aromatic amines is 1. The Morgan fingerprint density at radius 3 is 2.84 bits per heavy atom. The maximum atomic E-state index is 10.8. The first-order valence-electron chi connectivity index (χ1n) is 7.77. The second-order valence-electron chi connectivity index (χ2n) is 5.49. The van der Waals surface area contributed by atoms with Gasteiger partial charge in [0.15, 0.2) is 0 Å². The molecule has 3 aromatic rings. The molecule has 0 radical (unpaired) electrons. The maximum absolute atomic E-state index is 10.8. The van der Waals surface area contributed by atoms with Crippen molar-refractivity contribution in [2.45, 2.75) is 0 Å². The molecule has 0 aliphatic heterocycles. The number of carboxylic acid groups (broad SMARTS) is 1. The molecular weight excluding hydrogens is 320 g/mol. The van der Waals surface area contributed by atoms with E-state index in [0.29, 0.717) is 5.71 Å². The fraction of sp³-hybridized carbons (Fsp3) is 0.167. The molecule has 0 atom stereocenters. The van der Waals surface area contributed by atoms with Gasteiger partial charge in [0.2, 0.25) is 0 Å². The number of fused-ring (bicyclic) bond motifs is 1. The highest BCUT2D eigenvalue weighted by Crippen LogP contribution is 2.17. The van der Waals surface area contributed by atoms with Crippen molar-refractivity contribution < 1.29 is 14.7 Å². The van der Waals surface area contributed by atoms with Crippen LogP contribution >= 0.6 is 0 Å². The summed E-state index contributed by atoms with van der Waals surface area (Å²) in [5, 5.41) is 14.1. The SMILES string of the molecule is CN(CCON=C(c1ccccc1)c1cc2ccncc2[nH]1)C(=O)O. The van der Waals surface area contributed by atoms with Gasteiger partial charge in [-0.2, -0.15) is 0 Å². The maximum Gasteiger partial charge on any atom is 0.407 e. The van der Waals surface area contributed by atoms with Crippen molar-refractivity contribution in [3.8, 4) is 0 Å². The Balaban J connectivity index is 1.85. The highest BCUT2D eigenvalue weighted by molar-refractivity contribution is 6.13. The lowest BCUT2D eigenvalue weighted by molar-refractivity contribution is 0.108. The van der Waals surface area contributed by atoms with Crippen molar-refractivity contribution in [2.24, 2.45) is 5.16 Å². The lowest BCUT2D eigenvalue weighted by atomic mass is 10.1. The number of nitrogens with one attached hydrogen (secondary N) is 1. The number of likely N-dealkylation sites (N-methyl/N-ethyl adjacent to an activating group) is 1. The first-order valence-corrected chi connectivity index (χ1v) is 7.77. The molecule has 1 aromatic carbocycles. The highest BCUT2D eigenvalue weighted by atomic mass is 16.6. The monoisotopic (exact) mass is 338 g/mol. The molecule has 0 aliphatic carbocycles. The average Bonchev–Trinajstić information content (AvgIpc) is 3.05. The van der Waals surface area contributed by atoms with Gasteiger partial charge in [0.05, 0.1) is 24.0 Å². The minimum atomic E-state index is -1.00. The van der Waals surface area contributed by atoms with Gasteiger partial charge >= 0.3 is 6.09 Å². The zero-order chi connectivity index (χ0) is 17.6. The van der Waals surface area contributed by atoms with Gasteiger partial charge < -0.3 is 19.8 Å². The van der Waals surface area contributed by atoms with Crippen molar-refractivity contribution in [2.75, 3.05) is 20.2 Å². The lowest BCUT2D eigenvalue weighted by Gasteiger charge is -2.11. The molecule has 3 rings (SSSR count). The summed E-state index contributed by atoms with van der Waals surface area (Å²) in [7, 11) is 1.48. The summed E-state index contributed by atoms with van der Waals surface area (Å²) >= 11 is 0. The molecular formula is C18H18N4O3. The largest absolute Gasteiger partial charge is 0.465 e. The minimum absolute atomic E-state index is 0.168. The van der Waals surface area contributed by atoms with Crippen LogP contribution in [0.25, 0.3) is 10.9 Å². The molecule has 0 spiro atoms. The molecule has 2 aromatic heterocycles. The molecule has 2 N–H and O–H groups in total. The van der Waals surface area contributed by atoms with E-state index in [9.17, 15) is 4.79 Å². The Labute approximate surface area is 144 Å². The third-order valence-electron chi connectivity index (χ3n) is 3.73. The van der Waals surface area contributed by atoms with Gasteiger partial charge in [-0.25, -0.2) is 4.79 Å². The molecule has 25 heavy (non-hydrogen) atoms. The van der Waals surface area contributed by atoms with Gasteiger partial charge in [-0.3, -0.25) is 4.98 Å². The Morgan fingerprint density at radius 1 is 1.32 bits per heavy atom. The Morgan fingerprint density at radius 2 is 2.12 bits per heavy atom. The van der Waals surface area contributed by atoms with Gasteiger partial charge in [-0.05, 0) is 12.1 Å². The van der Waals surface area contributed by atoms with Crippen molar-refractivity contribution in [1.29, 1.82) is 0 Å². The second-order valence-corrected chi connectivity index (χ2v) is 5.49. The summed E-state index contributed by atoms with van der Waals surface area (Å²) in [6.07, 6.45) is 2.49. The van der Waals surface area contributed by atoms with Crippen LogP contribution in [0.3, 0.4) is 0 Å². The number of pyridine rings is 1. The molecule has 7 heteroatoms. The van der Waals surface area contributed by atoms with Gasteiger partial charge in [-0.15, -0.1) is 0 Å². The summed E-state index contributed by atoms with van der Waals surface area (Å²) in [6.45, 7) is 0.401. The lowest BCUT2D eigenvalue weighted by Crippen LogP contribution is -2.28. The molecule has 128 valence electrons. The van der Waals surface area contributed by atoms with Crippen molar-refractivity contribution in [3.63, 3.8) is 0 Å². The molecule has 1 amide bonds. The third-order valence-corrected chi connectivity index (χ3v) is 3.73. The van der Waals surface area contributed by atoms with Gasteiger partial charge in [0.1, 0.15) is 12.3 Å². The van der Waals surface area contributed by atoms with Crippen LogP contribution in [0.5, 0.6) is 0 Å². The van der Waals surface area contributed by atoms with Crippen LogP contribution in [-0.4, -0.2) is 52.0 Å². The number of aromatic nitrogens is 2. The van der Waals surface area contributed by atoms with Crippen LogP contribution in [0.15, 0.2) is 60.0 Å². The van der Waals surface area contributed by atoms with E-state index in [1.54, 1.807) is 12.4 Å². The topological polar surface area (TPSA) is 90.8 Å². The molecule has 0 bridgehead atoms. The molecule has 0 saturated carbocycles. The van der Waals surface area contributed by atoms with E-state index in [1.165, 1.54) is 7.05 Å². The fourth-order valence-corrected chi connectivity index (χ4v) is 2.34. The Bertz CT molecular complexity index is 856. The van der Waals surface area contributed by atoms with Crippen molar-refractivity contribution in [1.82, 2.24) is 14.9 Å². The number of hydrogen-bond donors (Lipinski definition) is 2.